The van der Waals surface area contributed by atoms with Gasteiger partial charge < -0.3 is 4.57 Å². The van der Waals surface area contributed by atoms with E-state index >= 15 is 4.39 Å². The molecule has 0 atom stereocenters. The Labute approximate surface area is 282 Å². The number of fused-ring (bicyclic) bond motifs is 6. The van der Waals surface area contributed by atoms with Crippen LogP contribution in [0.2, 0.25) is 0 Å². The first-order valence-corrected chi connectivity index (χ1v) is 16.6. The summed E-state index contributed by atoms with van der Waals surface area (Å²) in [6, 6.07) is 39.2. The van der Waals surface area contributed by atoms with E-state index in [1.807, 2.05) is 91.6 Å². The molecular weight excluding hydrogens is 608 g/mol. The number of hydrogen-bond donors (Lipinski definition) is 0. The summed E-state index contributed by atoms with van der Waals surface area (Å²) in [6.07, 6.45) is 1.83. The Balaban J connectivity index is 1.39. The summed E-state index contributed by atoms with van der Waals surface area (Å²) in [6.45, 7) is 6.28. The van der Waals surface area contributed by atoms with Crippen molar-refractivity contribution < 1.29 is 4.39 Å². The van der Waals surface area contributed by atoms with Gasteiger partial charge in [0.15, 0.2) is 5.82 Å². The highest BCUT2D eigenvalue weighted by atomic mass is 19.1. The first-order chi connectivity index (χ1) is 23.9. The molecule has 0 aliphatic carbocycles. The van der Waals surface area contributed by atoms with Gasteiger partial charge >= 0.3 is 0 Å². The predicted octanol–water partition coefficient (Wildman–Crippen LogP) is 10.3. The van der Waals surface area contributed by atoms with Gasteiger partial charge in [0.2, 0.25) is 0 Å². The van der Waals surface area contributed by atoms with Crippen molar-refractivity contribution >= 4 is 43.6 Å². The minimum atomic E-state index is -0.235. The van der Waals surface area contributed by atoms with Gasteiger partial charge in [0, 0.05) is 46.0 Å². The van der Waals surface area contributed by atoms with Gasteiger partial charge in [-0.3, -0.25) is 4.57 Å². The number of benzene rings is 5. The zero-order valence-corrected chi connectivity index (χ0v) is 27.7. The van der Waals surface area contributed by atoms with Gasteiger partial charge in [-0.05, 0) is 78.1 Å². The molecule has 0 aliphatic heterocycles. The van der Waals surface area contributed by atoms with Crippen LogP contribution in [0.3, 0.4) is 0 Å². The number of hydrogen-bond acceptors (Lipinski definition) is 3. The molecule has 0 saturated carbocycles. The van der Waals surface area contributed by atoms with Gasteiger partial charge in [-0.1, -0.05) is 80.6 Å². The number of para-hydroxylation sites is 2. The van der Waals surface area contributed by atoms with Gasteiger partial charge in [-0.25, -0.2) is 19.0 Å². The van der Waals surface area contributed by atoms with Crippen LogP contribution in [0.5, 0.6) is 0 Å². The first-order valence-electron chi connectivity index (χ1n) is 16.6. The summed E-state index contributed by atoms with van der Waals surface area (Å²) >= 11 is 0. The highest BCUT2D eigenvalue weighted by Gasteiger charge is 2.24. The molecule has 0 radical (unpaired) electrons. The van der Waals surface area contributed by atoms with Crippen molar-refractivity contribution in [3.63, 3.8) is 0 Å². The van der Waals surface area contributed by atoms with E-state index in [0.29, 0.717) is 16.6 Å². The van der Waals surface area contributed by atoms with Gasteiger partial charge in [0.25, 0.3) is 0 Å². The van der Waals surface area contributed by atoms with Gasteiger partial charge in [0.1, 0.15) is 17.5 Å². The van der Waals surface area contributed by atoms with Crippen LogP contribution in [-0.4, -0.2) is 28.9 Å². The van der Waals surface area contributed by atoms with E-state index in [1.54, 1.807) is 0 Å². The quantitative estimate of drug-likeness (QED) is 0.188. The second-order valence-electron chi connectivity index (χ2n) is 13.0. The van der Waals surface area contributed by atoms with Crippen molar-refractivity contribution in [1.82, 2.24) is 28.9 Å². The summed E-state index contributed by atoms with van der Waals surface area (Å²) in [5, 5.41) is 7.43. The molecule has 5 aromatic carbocycles. The molecule has 9 rings (SSSR count). The third-order valence-corrected chi connectivity index (χ3v) is 9.61. The number of aryl methyl sites for hydroxylation is 2. The highest BCUT2D eigenvalue weighted by Crippen LogP contribution is 2.42. The second kappa shape index (κ2) is 11.0. The molecule has 6 nitrogen and oxygen atoms in total. The molecule has 0 amide bonds. The second-order valence-corrected chi connectivity index (χ2v) is 13.0. The third-order valence-electron chi connectivity index (χ3n) is 9.61. The van der Waals surface area contributed by atoms with Crippen molar-refractivity contribution in [3.05, 3.63) is 139 Å². The molecule has 0 bridgehead atoms. The fourth-order valence-electron chi connectivity index (χ4n) is 7.37. The maximum Gasteiger partial charge on any atom is 0.158 e. The molecule has 0 fully saturated rings. The molecule has 9 aromatic rings. The number of aromatic nitrogens is 6. The Morgan fingerprint density at radius 1 is 0.633 bits per heavy atom. The maximum atomic E-state index is 17.5. The lowest BCUT2D eigenvalue weighted by molar-refractivity contribution is 0.653. The molecule has 49 heavy (non-hydrogen) atoms. The summed E-state index contributed by atoms with van der Waals surface area (Å²) in [5.74, 6) is 2.26. The molecule has 4 heterocycles. The fraction of sp³-hybridized carbons (Fsp3) is 0.119. The van der Waals surface area contributed by atoms with Gasteiger partial charge in [0.05, 0.1) is 22.1 Å². The van der Waals surface area contributed by atoms with Crippen molar-refractivity contribution in [3.8, 4) is 34.0 Å². The molecule has 4 aromatic heterocycles. The summed E-state index contributed by atoms with van der Waals surface area (Å²) < 4.78 is 23.6. The smallest absolute Gasteiger partial charge is 0.158 e. The Hall–Kier alpha value is -6.08. The SMILES string of the molecule is Cc1nc(-c2cc(C(C)C)cc(-n3c4ccccc4c4c(F)c5c6ccccc6n(-c6cc(-c7ccccc7)ccn6)c5cc43)c2)n(C)n1. The lowest BCUT2D eigenvalue weighted by Gasteiger charge is -2.15. The fourth-order valence-corrected chi connectivity index (χ4v) is 7.37. The maximum absolute atomic E-state index is 17.5. The zero-order valence-electron chi connectivity index (χ0n) is 27.7. The Morgan fingerprint density at radius 3 is 1.96 bits per heavy atom. The van der Waals surface area contributed by atoms with Crippen molar-refractivity contribution in [2.75, 3.05) is 0 Å². The molecule has 0 spiro atoms. The van der Waals surface area contributed by atoms with Gasteiger partial charge in [-0.2, -0.15) is 5.10 Å². The molecule has 0 unspecified atom stereocenters. The van der Waals surface area contributed by atoms with E-state index in [9.17, 15) is 0 Å². The van der Waals surface area contributed by atoms with Gasteiger partial charge in [-0.15, -0.1) is 0 Å². The minimum absolute atomic E-state index is 0.235. The summed E-state index contributed by atoms with van der Waals surface area (Å²) in [7, 11) is 1.92. The van der Waals surface area contributed by atoms with E-state index in [0.717, 1.165) is 72.4 Å². The summed E-state index contributed by atoms with van der Waals surface area (Å²) in [4.78, 5) is 9.60. The first kappa shape index (κ1) is 29.1. The Morgan fingerprint density at radius 2 is 1.29 bits per heavy atom. The molecule has 0 saturated heterocycles. The van der Waals surface area contributed by atoms with Crippen LogP contribution in [0.1, 0.15) is 31.2 Å². The van der Waals surface area contributed by atoms with Crippen molar-refractivity contribution in [2.24, 2.45) is 7.05 Å². The largest absolute Gasteiger partial charge is 0.309 e. The predicted molar refractivity (Wildman–Crippen MR) is 197 cm³/mol. The molecular formula is C42H33FN6. The topological polar surface area (TPSA) is 53.5 Å². The average molecular weight is 641 g/mol. The van der Waals surface area contributed by atoms with Crippen LogP contribution in [-0.2, 0) is 7.05 Å². The molecule has 0 aliphatic rings. The monoisotopic (exact) mass is 640 g/mol. The lowest BCUT2D eigenvalue weighted by Crippen LogP contribution is -2.01. The average Bonchev–Trinajstić information content (AvgIpc) is 3.76. The van der Waals surface area contributed by atoms with E-state index in [-0.39, 0.29) is 11.7 Å². The van der Waals surface area contributed by atoms with E-state index in [2.05, 4.69) is 76.6 Å². The zero-order chi connectivity index (χ0) is 33.4. The van der Waals surface area contributed by atoms with E-state index in [4.69, 9.17) is 9.97 Å². The van der Waals surface area contributed by atoms with Crippen molar-refractivity contribution in [2.45, 2.75) is 26.7 Å². The number of pyridine rings is 1. The molecule has 0 N–H and O–H groups in total. The number of rotatable bonds is 5. The van der Waals surface area contributed by atoms with Crippen LogP contribution in [0.15, 0.2) is 121 Å². The van der Waals surface area contributed by atoms with Crippen LogP contribution < -0.4 is 0 Å². The van der Waals surface area contributed by atoms with E-state index in [1.165, 1.54) is 0 Å². The Kier molecular flexibility index (Phi) is 6.52. The lowest BCUT2D eigenvalue weighted by atomic mass is 9.99. The normalized spacial score (nSPS) is 12.0. The Bertz CT molecular complexity index is 2730. The number of halogens is 1. The van der Waals surface area contributed by atoms with Crippen LogP contribution in [0.4, 0.5) is 4.39 Å². The minimum Gasteiger partial charge on any atom is -0.309 e. The summed E-state index contributed by atoms with van der Waals surface area (Å²) in [5.41, 5.74) is 8.60. The van der Waals surface area contributed by atoms with Crippen molar-refractivity contribution in [1.29, 1.82) is 0 Å². The highest BCUT2D eigenvalue weighted by molar-refractivity contribution is 6.19. The van der Waals surface area contributed by atoms with E-state index < -0.39 is 0 Å². The third kappa shape index (κ3) is 4.49. The van der Waals surface area contributed by atoms with Crippen LogP contribution >= 0.6 is 0 Å². The molecule has 238 valence electrons. The number of nitrogens with zero attached hydrogens (tertiary/aromatic N) is 6. The van der Waals surface area contributed by atoms with Crippen LogP contribution in [0.25, 0.3) is 77.6 Å². The molecule has 7 heteroatoms. The van der Waals surface area contributed by atoms with Crippen LogP contribution in [0, 0.1) is 12.7 Å². The standard InChI is InChI=1S/C42H33FN6/c1-25(2)29-20-30(42-45-26(3)46-47(42)4)22-31(21-29)48-34-16-10-8-14-32(34)39-36(48)24-37-40(41(39)43)33-15-9-11-17-35(33)49(37)38-23-28(18-19-44-38)27-12-6-5-7-13-27/h5-25H,1-4H3.